The molecule has 3 nitrogen and oxygen atoms in total. The zero-order valence-corrected chi connectivity index (χ0v) is 13.4. The summed E-state index contributed by atoms with van der Waals surface area (Å²) in [5.41, 5.74) is 8.56. The summed E-state index contributed by atoms with van der Waals surface area (Å²) < 4.78 is 10.6. The Balaban J connectivity index is 2.05. The second-order valence-corrected chi connectivity index (χ2v) is 5.93. The fraction of sp³-hybridized carbons (Fsp3) is 0.294. The van der Waals surface area contributed by atoms with Crippen LogP contribution in [0.2, 0.25) is 0 Å². The summed E-state index contributed by atoms with van der Waals surface area (Å²) in [5, 5.41) is 0. The molecular formula is C17H21NO2S. The highest BCUT2D eigenvalue weighted by molar-refractivity contribution is 7.99. The van der Waals surface area contributed by atoms with E-state index in [4.69, 9.17) is 15.2 Å². The molecule has 0 fully saturated rings. The predicted octanol–water partition coefficient (Wildman–Crippen LogP) is 3.80. The smallest absolute Gasteiger partial charge is 0.127 e. The van der Waals surface area contributed by atoms with Gasteiger partial charge in [0.25, 0.3) is 0 Å². The van der Waals surface area contributed by atoms with Gasteiger partial charge in [0.1, 0.15) is 11.5 Å². The Kier molecular flexibility index (Phi) is 5.53. The van der Waals surface area contributed by atoms with Crippen LogP contribution in [0.15, 0.2) is 47.4 Å². The van der Waals surface area contributed by atoms with E-state index in [-0.39, 0.29) is 6.04 Å². The first kappa shape index (κ1) is 15.7. The normalized spacial score (nSPS) is 12.0. The van der Waals surface area contributed by atoms with Crippen LogP contribution >= 0.6 is 11.8 Å². The lowest BCUT2D eigenvalue weighted by atomic mass is 10.1. The molecule has 1 unspecified atom stereocenters. The Morgan fingerprint density at radius 1 is 1.05 bits per heavy atom. The minimum atomic E-state index is -0.0860. The van der Waals surface area contributed by atoms with Crippen LogP contribution in [0.25, 0.3) is 0 Å². The molecule has 4 heteroatoms. The quantitative estimate of drug-likeness (QED) is 0.824. The van der Waals surface area contributed by atoms with Crippen molar-refractivity contribution < 1.29 is 9.47 Å². The number of ether oxygens (including phenoxy) is 2. The second kappa shape index (κ2) is 7.38. The fourth-order valence-electron chi connectivity index (χ4n) is 2.04. The molecular weight excluding hydrogens is 282 g/mol. The van der Waals surface area contributed by atoms with Crippen molar-refractivity contribution in [2.24, 2.45) is 5.73 Å². The minimum Gasteiger partial charge on any atom is -0.497 e. The van der Waals surface area contributed by atoms with Gasteiger partial charge in [0.15, 0.2) is 0 Å². The molecule has 0 aliphatic rings. The molecule has 0 aromatic heterocycles. The van der Waals surface area contributed by atoms with Crippen LogP contribution in [-0.4, -0.2) is 20.0 Å². The molecule has 112 valence electrons. The molecule has 0 bridgehead atoms. The van der Waals surface area contributed by atoms with Crippen molar-refractivity contribution in [1.82, 2.24) is 0 Å². The van der Waals surface area contributed by atoms with Crippen molar-refractivity contribution in [3.05, 3.63) is 53.6 Å². The summed E-state index contributed by atoms with van der Waals surface area (Å²) in [6.07, 6.45) is 0. The van der Waals surface area contributed by atoms with Gasteiger partial charge >= 0.3 is 0 Å². The Hall–Kier alpha value is -1.65. The van der Waals surface area contributed by atoms with Gasteiger partial charge in [-0.05, 0) is 25.1 Å². The summed E-state index contributed by atoms with van der Waals surface area (Å²) in [6.45, 7) is 2.09. The van der Waals surface area contributed by atoms with Crippen LogP contribution in [0.4, 0.5) is 0 Å². The van der Waals surface area contributed by atoms with E-state index in [0.29, 0.717) is 0 Å². The molecule has 0 aliphatic carbocycles. The molecule has 2 rings (SSSR count). The van der Waals surface area contributed by atoms with Crippen LogP contribution in [0.1, 0.15) is 17.2 Å². The maximum atomic E-state index is 6.30. The zero-order chi connectivity index (χ0) is 15.2. The molecule has 0 aliphatic heterocycles. The van der Waals surface area contributed by atoms with Crippen molar-refractivity contribution in [3.63, 3.8) is 0 Å². The van der Waals surface area contributed by atoms with Gasteiger partial charge in [-0.1, -0.05) is 23.8 Å². The molecule has 0 spiro atoms. The fourth-order valence-corrected chi connectivity index (χ4v) is 2.92. The van der Waals surface area contributed by atoms with Gasteiger partial charge in [-0.15, -0.1) is 11.8 Å². The van der Waals surface area contributed by atoms with E-state index in [2.05, 4.69) is 31.2 Å². The lowest BCUT2D eigenvalue weighted by molar-refractivity contribution is 0.389. The van der Waals surface area contributed by atoms with Crippen molar-refractivity contribution >= 4 is 11.8 Å². The first-order chi connectivity index (χ1) is 10.1. The maximum absolute atomic E-state index is 6.30. The van der Waals surface area contributed by atoms with Crippen LogP contribution in [0.3, 0.4) is 0 Å². The lowest BCUT2D eigenvalue weighted by Gasteiger charge is -2.16. The van der Waals surface area contributed by atoms with Crippen molar-refractivity contribution in [1.29, 1.82) is 0 Å². The molecule has 0 heterocycles. The molecule has 1 atom stereocenters. The largest absolute Gasteiger partial charge is 0.497 e. The van der Waals surface area contributed by atoms with E-state index in [1.54, 1.807) is 26.0 Å². The third-order valence-corrected chi connectivity index (χ3v) is 4.42. The highest BCUT2D eigenvalue weighted by Crippen LogP contribution is 2.31. The monoisotopic (exact) mass is 303 g/mol. The first-order valence-electron chi connectivity index (χ1n) is 6.81. The van der Waals surface area contributed by atoms with Gasteiger partial charge in [-0.2, -0.15) is 0 Å². The molecule has 0 amide bonds. The average molecular weight is 303 g/mol. The van der Waals surface area contributed by atoms with Crippen LogP contribution in [-0.2, 0) is 0 Å². The van der Waals surface area contributed by atoms with Gasteiger partial charge in [-0.3, -0.25) is 0 Å². The van der Waals surface area contributed by atoms with Crippen molar-refractivity contribution in [2.75, 3.05) is 20.0 Å². The van der Waals surface area contributed by atoms with E-state index >= 15 is 0 Å². The second-order valence-electron chi connectivity index (χ2n) is 4.84. The van der Waals surface area contributed by atoms with Crippen LogP contribution < -0.4 is 15.2 Å². The first-order valence-corrected chi connectivity index (χ1v) is 7.79. The SMILES string of the molecule is COc1ccc(C(N)CSc2ccc(C)cc2)c(OC)c1. The van der Waals surface area contributed by atoms with E-state index in [9.17, 15) is 0 Å². The Morgan fingerprint density at radius 3 is 2.38 bits per heavy atom. The summed E-state index contributed by atoms with van der Waals surface area (Å²) >= 11 is 1.75. The van der Waals surface area contributed by atoms with Crippen LogP contribution in [0.5, 0.6) is 11.5 Å². The Morgan fingerprint density at radius 2 is 1.76 bits per heavy atom. The van der Waals surface area contributed by atoms with Crippen LogP contribution in [0, 0.1) is 6.92 Å². The van der Waals surface area contributed by atoms with Gasteiger partial charge in [0.2, 0.25) is 0 Å². The molecule has 2 N–H and O–H groups in total. The summed E-state index contributed by atoms with van der Waals surface area (Å²) in [6, 6.07) is 14.1. The number of aryl methyl sites for hydroxylation is 1. The topological polar surface area (TPSA) is 44.5 Å². The summed E-state index contributed by atoms with van der Waals surface area (Å²) in [5.74, 6) is 2.34. The number of thioether (sulfide) groups is 1. The van der Waals surface area contributed by atoms with E-state index in [1.807, 2.05) is 18.2 Å². The highest BCUT2D eigenvalue weighted by Gasteiger charge is 2.13. The third kappa shape index (κ3) is 4.16. The molecule has 0 radical (unpaired) electrons. The van der Waals surface area contributed by atoms with Crippen molar-refractivity contribution in [3.8, 4) is 11.5 Å². The lowest BCUT2D eigenvalue weighted by Crippen LogP contribution is -2.14. The van der Waals surface area contributed by atoms with Gasteiger partial charge < -0.3 is 15.2 Å². The molecule has 2 aromatic carbocycles. The van der Waals surface area contributed by atoms with E-state index < -0.39 is 0 Å². The van der Waals surface area contributed by atoms with Gasteiger partial charge in [-0.25, -0.2) is 0 Å². The van der Waals surface area contributed by atoms with Gasteiger partial charge in [0.05, 0.1) is 14.2 Å². The minimum absolute atomic E-state index is 0.0860. The zero-order valence-electron chi connectivity index (χ0n) is 12.6. The van der Waals surface area contributed by atoms with Crippen molar-refractivity contribution in [2.45, 2.75) is 17.9 Å². The maximum Gasteiger partial charge on any atom is 0.127 e. The molecule has 2 aromatic rings. The standard InChI is InChI=1S/C17H21NO2S/c1-12-4-7-14(8-5-12)21-11-16(18)15-9-6-13(19-2)10-17(15)20-3/h4-10,16H,11,18H2,1-3H3. The predicted molar refractivity (Wildman–Crippen MR) is 88.4 cm³/mol. The highest BCUT2D eigenvalue weighted by atomic mass is 32.2. The molecule has 0 saturated heterocycles. The summed E-state index contributed by atoms with van der Waals surface area (Å²) in [4.78, 5) is 1.23. The number of hydrogen-bond donors (Lipinski definition) is 1. The number of hydrogen-bond acceptors (Lipinski definition) is 4. The summed E-state index contributed by atoms with van der Waals surface area (Å²) in [7, 11) is 3.29. The number of rotatable bonds is 6. The number of methoxy groups -OCH3 is 2. The number of benzene rings is 2. The van der Waals surface area contributed by atoms with Gasteiger partial charge in [0, 0.05) is 28.3 Å². The number of nitrogens with two attached hydrogens (primary N) is 1. The average Bonchev–Trinajstić information content (AvgIpc) is 2.53. The Labute approximate surface area is 130 Å². The van der Waals surface area contributed by atoms with E-state index in [1.165, 1.54) is 10.5 Å². The third-order valence-electron chi connectivity index (χ3n) is 3.29. The Bertz CT molecular complexity index is 584. The molecule has 0 saturated carbocycles. The van der Waals surface area contributed by atoms with E-state index in [0.717, 1.165) is 22.8 Å². The molecule has 21 heavy (non-hydrogen) atoms.